The van der Waals surface area contributed by atoms with Crippen molar-refractivity contribution in [2.45, 2.75) is 65.4 Å². The Labute approximate surface area is 206 Å². The lowest BCUT2D eigenvalue weighted by molar-refractivity contribution is 0.0693. The van der Waals surface area contributed by atoms with Crippen LogP contribution in [0.1, 0.15) is 62.6 Å². The number of aromatic nitrogens is 2. The van der Waals surface area contributed by atoms with Crippen molar-refractivity contribution in [3.05, 3.63) is 80.3 Å². The molecule has 2 aromatic carbocycles. The topological polar surface area (TPSA) is 70.6 Å². The molecule has 1 N–H and O–H groups in total. The largest absolute Gasteiger partial charge is 0.376 e. The molecule has 5 rings (SSSR count). The molecule has 6 heteroatoms. The third-order valence-corrected chi connectivity index (χ3v) is 7.02. The molecule has 35 heavy (non-hydrogen) atoms. The lowest BCUT2D eigenvalue weighted by Gasteiger charge is -2.32. The number of nitrogens with zero attached hydrogens (tertiary/aromatic N) is 3. The van der Waals surface area contributed by atoms with Gasteiger partial charge in [-0.25, -0.2) is 9.79 Å². The van der Waals surface area contributed by atoms with Gasteiger partial charge in [0.15, 0.2) is 5.82 Å². The molecule has 0 amide bonds. The summed E-state index contributed by atoms with van der Waals surface area (Å²) in [5.74, 6) is 1.03. The van der Waals surface area contributed by atoms with Gasteiger partial charge in [0.05, 0.1) is 29.4 Å². The second-order valence-corrected chi connectivity index (χ2v) is 9.94. The van der Waals surface area contributed by atoms with Crippen LogP contribution in [0.4, 0.5) is 17.2 Å². The van der Waals surface area contributed by atoms with Gasteiger partial charge in [-0.2, -0.15) is 4.98 Å². The highest BCUT2D eigenvalue weighted by molar-refractivity contribution is 5.76. The van der Waals surface area contributed by atoms with Crippen molar-refractivity contribution in [1.29, 1.82) is 0 Å². The highest BCUT2D eigenvalue weighted by Gasteiger charge is 2.27. The van der Waals surface area contributed by atoms with E-state index in [4.69, 9.17) is 9.73 Å². The predicted molar refractivity (Wildman–Crippen MR) is 140 cm³/mol. The molecule has 0 spiro atoms. The maximum Gasteiger partial charge on any atom is 0.347 e. The first-order chi connectivity index (χ1) is 16.9. The second-order valence-electron chi connectivity index (χ2n) is 9.94. The summed E-state index contributed by atoms with van der Waals surface area (Å²) in [5, 5.41) is 1.63. The molecule has 0 saturated heterocycles. The predicted octanol–water partition coefficient (Wildman–Crippen LogP) is 4.59. The third-order valence-electron chi connectivity index (χ3n) is 7.02. The van der Waals surface area contributed by atoms with Crippen molar-refractivity contribution in [1.82, 2.24) is 9.97 Å². The normalized spacial score (nSPS) is 15.3. The number of aryl methyl sites for hydroxylation is 1. The molecule has 1 aliphatic carbocycles. The Morgan fingerprint density at radius 3 is 2.54 bits per heavy atom. The Kier molecular flexibility index (Phi) is 6.56. The number of H-pyrrole nitrogens is 1. The maximum atomic E-state index is 12.7. The smallest absolute Gasteiger partial charge is 0.347 e. The molecular weight excluding hydrogens is 436 g/mol. The fourth-order valence-electron chi connectivity index (χ4n) is 4.85. The van der Waals surface area contributed by atoms with E-state index in [-0.39, 0.29) is 11.8 Å². The Morgan fingerprint density at radius 2 is 1.89 bits per heavy atom. The first kappa shape index (κ1) is 23.5. The van der Waals surface area contributed by atoms with Crippen LogP contribution in [-0.2, 0) is 11.2 Å². The number of nitrogens with one attached hydrogen (secondary N) is 1. The van der Waals surface area contributed by atoms with E-state index in [0.29, 0.717) is 24.9 Å². The van der Waals surface area contributed by atoms with Crippen LogP contribution in [-0.4, -0.2) is 29.2 Å². The zero-order valence-electron chi connectivity index (χ0n) is 21.1. The minimum Gasteiger partial charge on any atom is -0.376 e. The average molecular weight is 471 g/mol. The number of hydrogen-bond donors (Lipinski definition) is 1. The molecule has 6 nitrogen and oxygen atoms in total. The van der Waals surface area contributed by atoms with Crippen LogP contribution in [0.2, 0.25) is 0 Å². The Bertz CT molecular complexity index is 1400. The van der Waals surface area contributed by atoms with Gasteiger partial charge < -0.3 is 14.6 Å². The Morgan fingerprint density at radius 1 is 1.11 bits per heavy atom. The monoisotopic (exact) mass is 470 g/mol. The number of rotatable bonds is 7. The first-order valence-electron chi connectivity index (χ1n) is 12.7. The van der Waals surface area contributed by atoms with Crippen molar-refractivity contribution in [2.24, 2.45) is 4.99 Å². The zero-order chi connectivity index (χ0) is 24.5. The van der Waals surface area contributed by atoms with Crippen LogP contribution in [0.25, 0.3) is 5.57 Å². The van der Waals surface area contributed by atoms with Crippen LogP contribution in [0, 0.1) is 6.92 Å². The standard InChI is InChI=1S/C29H34N4O2/c1-5-35-23(15-20-11-9-19(4)10-12-20)17-33-25-14-13-22(18(2)3)16-24(25)30-27-26(21-7-6-8-21)31-29(34)32-28(27)33/h9-14,16,18,23H,5-8,15,17H2,1-4H3,(H,31,34). The summed E-state index contributed by atoms with van der Waals surface area (Å²) < 4.78 is 6.22. The van der Waals surface area contributed by atoms with Crippen molar-refractivity contribution in [3.8, 4) is 0 Å². The van der Waals surface area contributed by atoms with Crippen molar-refractivity contribution in [2.75, 3.05) is 18.1 Å². The van der Waals surface area contributed by atoms with Crippen LogP contribution >= 0.6 is 0 Å². The molecule has 1 unspecified atom stereocenters. The number of anilines is 2. The van der Waals surface area contributed by atoms with Gasteiger partial charge in [0.1, 0.15) is 5.36 Å². The summed E-state index contributed by atoms with van der Waals surface area (Å²) >= 11 is 0. The number of aromatic amines is 1. The summed E-state index contributed by atoms with van der Waals surface area (Å²) in [6.07, 6.45) is 3.86. The highest BCUT2D eigenvalue weighted by Crippen LogP contribution is 2.37. The molecule has 1 aromatic heterocycles. The van der Waals surface area contributed by atoms with Crippen LogP contribution in [0.15, 0.2) is 52.3 Å². The highest BCUT2D eigenvalue weighted by atomic mass is 16.5. The molecule has 1 fully saturated rings. The Balaban J connectivity index is 1.63. The number of hydrogen-bond acceptors (Lipinski definition) is 5. The van der Waals surface area contributed by atoms with Crippen molar-refractivity contribution < 1.29 is 4.74 Å². The number of fused-ring (bicyclic) bond motifs is 2. The molecule has 1 saturated carbocycles. The van der Waals surface area contributed by atoms with Crippen LogP contribution < -0.4 is 21.3 Å². The Hall–Kier alpha value is -3.25. The summed E-state index contributed by atoms with van der Waals surface area (Å²) in [6.45, 7) is 9.71. The lowest BCUT2D eigenvalue weighted by atomic mass is 9.92. The van der Waals surface area contributed by atoms with Gasteiger partial charge in [-0.05, 0) is 67.9 Å². The van der Waals surface area contributed by atoms with E-state index >= 15 is 0 Å². The minimum absolute atomic E-state index is 0.0628. The summed E-state index contributed by atoms with van der Waals surface area (Å²) in [7, 11) is 0. The molecule has 2 heterocycles. The molecular formula is C29H34N4O2. The fraction of sp³-hybridized carbons (Fsp3) is 0.414. The van der Waals surface area contributed by atoms with Crippen LogP contribution in [0.3, 0.4) is 0 Å². The van der Waals surface area contributed by atoms with Gasteiger partial charge in [0, 0.05) is 13.0 Å². The summed E-state index contributed by atoms with van der Waals surface area (Å²) in [6, 6.07) is 15.0. The molecule has 1 atom stereocenters. The number of ether oxygens (including phenoxy) is 1. The second kappa shape index (κ2) is 9.78. The average Bonchev–Trinajstić information content (AvgIpc) is 2.79. The first-order valence-corrected chi connectivity index (χ1v) is 12.7. The van der Waals surface area contributed by atoms with Gasteiger partial charge in [0.2, 0.25) is 0 Å². The summed E-state index contributed by atoms with van der Waals surface area (Å²) in [4.78, 5) is 27.3. The minimum atomic E-state index is -0.327. The van der Waals surface area contributed by atoms with Crippen molar-refractivity contribution >= 4 is 22.8 Å². The molecule has 0 bridgehead atoms. The molecule has 182 valence electrons. The van der Waals surface area contributed by atoms with Gasteiger partial charge in [-0.15, -0.1) is 0 Å². The lowest BCUT2D eigenvalue weighted by Crippen LogP contribution is -2.46. The maximum absolute atomic E-state index is 12.7. The number of benzene rings is 2. The summed E-state index contributed by atoms with van der Waals surface area (Å²) in [5.41, 5.74) is 6.54. The van der Waals surface area contributed by atoms with E-state index in [9.17, 15) is 4.79 Å². The SMILES string of the molecule is CCOC(Cc1ccc(C)cc1)CN1c2ccc(C(C)C)cc2N=c2c1nc(=O)[nH]c2=C1CCC1. The molecule has 0 radical (unpaired) electrons. The van der Waals surface area contributed by atoms with Crippen LogP contribution in [0.5, 0.6) is 0 Å². The zero-order valence-corrected chi connectivity index (χ0v) is 21.1. The molecule has 2 aliphatic rings. The van der Waals surface area contributed by atoms with E-state index in [1.54, 1.807) is 0 Å². The van der Waals surface area contributed by atoms with E-state index in [0.717, 1.165) is 47.8 Å². The van der Waals surface area contributed by atoms with Gasteiger partial charge >= 0.3 is 5.69 Å². The molecule has 1 aliphatic heterocycles. The van der Waals surface area contributed by atoms with Gasteiger partial charge in [-0.3, -0.25) is 0 Å². The quantitative estimate of drug-likeness (QED) is 0.548. The van der Waals surface area contributed by atoms with E-state index in [2.05, 4.69) is 78.1 Å². The van der Waals surface area contributed by atoms with Crippen molar-refractivity contribution in [3.63, 3.8) is 0 Å². The molecule has 3 aromatic rings. The van der Waals surface area contributed by atoms with Gasteiger partial charge in [0.25, 0.3) is 0 Å². The van der Waals surface area contributed by atoms with E-state index in [1.807, 2.05) is 6.92 Å². The van der Waals surface area contributed by atoms with E-state index in [1.165, 1.54) is 22.3 Å². The van der Waals surface area contributed by atoms with E-state index < -0.39 is 0 Å². The third kappa shape index (κ3) is 4.80. The van der Waals surface area contributed by atoms with Gasteiger partial charge in [-0.1, -0.05) is 49.7 Å². The fourth-order valence-corrected chi connectivity index (χ4v) is 4.85.